The average Bonchev–Trinajstić information content (AvgIpc) is 4.31. The maximum Gasteiger partial charge on any atom is 0.171 e. The zero-order valence-corrected chi connectivity index (χ0v) is 48.7. The average molecular weight is 1320 g/mol. The Hall–Kier alpha value is -4.25. The SMILES string of the molecule is Clc1cc(OCc2c(-c3c(Cl)cccc3Cl)noc2C2CC2)ccc1Br.O=C1CN(c2cccc(Br)c2)C1.OC1(c2ccc(OCc3c(-c4c(Cl)cccc4Cl)noc3C3CC3)cc2Cl)CN(c2cccc(Br)c2)C1. The summed E-state index contributed by atoms with van der Waals surface area (Å²) < 4.78 is 26.3. The normalized spacial score (nSPS) is 15.5. The molecule has 0 unspecified atom stereocenters. The van der Waals surface area contributed by atoms with Crippen molar-refractivity contribution in [3.63, 3.8) is 0 Å². The van der Waals surface area contributed by atoms with Crippen molar-refractivity contribution in [3.05, 3.63) is 193 Å². The first-order valence-corrected chi connectivity index (χ1v) is 28.4. The van der Waals surface area contributed by atoms with Gasteiger partial charge in [-0.15, -0.1) is 0 Å². The van der Waals surface area contributed by atoms with Crippen LogP contribution < -0.4 is 19.3 Å². The molecule has 2 aromatic heterocycles. The summed E-state index contributed by atoms with van der Waals surface area (Å²) >= 11 is 48.7. The van der Waals surface area contributed by atoms with Crippen LogP contribution in [0, 0.1) is 0 Å². The first-order chi connectivity index (χ1) is 36.1. The summed E-state index contributed by atoms with van der Waals surface area (Å²) in [5.41, 5.74) is 6.05. The lowest BCUT2D eigenvalue weighted by molar-refractivity contribution is -0.119. The third kappa shape index (κ3) is 12.5. The van der Waals surface area contributed by atoms with E-state index in [-0.39, 0.29) is 6.61 Å². The molecule has 10 nitrogen and oxygen atoms in total. The minimum absolute atomic E-state index is 0.225. The molecule has 1 N–H and O–H groups in total. The molecular weight excluding hydrogens is 1280 g/mol. The van der Waals surface area contributed by atoms with Crippen LogP contribution in [0.2, 0.25) is 30.1 Å². The molecule has 12 rings (SSSR count). The fraction of sp³-hybridized carbons (Fsp3) is 0.232. The van der Waals surface area contributed by atoms with Crippen LogP contribution in [0.1, 0.15) is 65.7 Å². The fourth-order valence-corrected chi connectivity index (χ4v) is 11.5. The van der Waals surface area contributed by atoms with Gasteiger partial charge in [0, 0.05) is 53.3 Å². The summed E-state index contributed by atoms with van der Waals surface area (Å²) in [5.74, 6) is 3.93. The predicted octanol–water partition coefficient (Wildman–Crippen LogP) is 17.6. The summed E-state index contributed by atoms with van der Waals surface area (Å²) in [7, 11) is 0. The number of anilines is 2. The molecule has 0 bridgehead atoms. The number of aromatic nitrogens is 2. The summed E-state index contributed by atoms with van der Waals surface area (Å²) in [5, 5.41) is 22.9. The second kappa shape index (κ2) is 23.4. The molecule has 0 atom stereocenters. The number of hydrogen-bond acceptors (Lipinski definition) is 10. The predicted molar refractivity (Wildman–Crippen MR) is 309 cm³/mol. The number of carbonyl (C=O) groups excluding carboxylic acids is 1. The molecule has 2 saturated carbocycles. The van der Waals surface area contributed by atoms with Crippen molar-refractivity contribution in [2.24, 2.45) is 0 Å². The summed E-state index contributed by atoms with van der Waals surface area (Å²) in [6.07, 6.45) is 4.27. The number of β-amino-alcohol motifs (C(OH)–C–C–N with tert-alkyl or cyclic N) is 1. The summed E-state index contributed by atoms with van der Waals surface area (Å²) in [6.45, 7) is 2.56. The smallest absolute Gasteiger partial charge is 0.171 e. The van der Waals surface area contributed by atoms with E-state index in [9.17, 15) is 9.90 Å². The molecule has 2 saturated heterocycles. The van der Waals surface area contributed by atoms with Gasteiger partial charge in [-0.1, -0.05) is 142 Å². The maximum atomic E-state index is 11.2. The zero-order chi connectivity index (χ0) is 52.5. The minimum Gasteiger partial charge on any atom is -0.489 e. The standard InChI is InChI=1S/C28H22BrCl3N2O3.C19H13BrCl3NO2.C9H8BrNO/c29-17-3-1-4-18(11-17)34-14-28(35,15-34)21-10-9-19(12-24(21)32)36-13-20-26(33-37-27(20)16-7-8-16)25-22(30)5-2-6-23(25)31;20-13-7-6-11(8-16(13)23)25-9-12-18(24-26-19(12)10-4-5-10)17-14(21)2-1-3-15(17)22;10-7-2-1-3-8(4-7)11-5-9(12)6-11/h1-6,9-12,16,35H,7-8,13-15H2;1-3,6-8,10H,4-5,9H2;1-4H,5-6H2. The highest BCUT2D eigenvalue weighted by Crippen LogP contribution is 2.48. The molecule has 0 radical (unpaired) electrons. The van der Waals surface area contributed by atoms with Crippen LogP contribution in [0.4, 0.5) is 11.4 Å². The second-order valence-electron chi connectivity index (χ2n) is 18.5. The lowest BCUT2D eigenvalue weighted by Crippen LogP contribution is -2.59. The molecule has 19 heteroatoms. The quantitative estimate of drug-likeness (QED) is 0.120. The molecule has 2 aliphatic carbocycles. The topological polar surface area (TPSA) is 114 Å². The van der Waals surface area contributed by atoms with Gasteiger partial charge >= 0.3 is 0 Å². The van der Waals surface area contributed by atoms with Crippen molar-refractivity contribution >= 4 is 135 Å². The van der Waals surface area contributed by atoms with Crippen LogP contribution in [-0.4, -0.2) is 47.4 Å². The van der Waals surface area contributed by atoms with Crippen molar-refractivity contribution in [2.75, 3.05) is 36.0 Å². The van der Waals surface area contributed by atoms with Gasteiger partial charge in [-0.3, -0.25) is 4.79 Å². The Morgan fingerprint density at radius 3 is 1.43 bits per heavy atom. The largest absolute Gasteiger partial charge is 0.489 e. The zero-order valence-electron chi connectivity index (χ0n) is 39.5. The molecular formula is C56H43Br3Cl6N4O6. The summed E-state index contributed by atoms with van der Waals surface area (Å²) in [6, 6.07) is 37.6. The number of benzene rings is 6. The molecule has 4 fully saturated rings. The Labute approximate surface area is 488 Å². The molecule has 0 spiro atoms. The van der Waals surface area contributed by atoms with Gasteiger partial charge in [0.15, 0.2) is 5.78 Å². The first kappa shape index (κ1) is 54.1. The van der Waals surface area contributed by atoms with E-state index in [1.165, 1.54) is 0 Å². The highest BCUT2D eigenvalue weighted by molar-refractivity contribution is 9.11. The van der Waals surface area contributed by atoms with E-state index in [4.69, 9.17) is 88.1 Å². The number of aliphatic hydroxyl groups is 1. The van der Waals surface area contributed by atoms with Crippen LogP contribution in [0.3, 0.4) is 0 Å². The highest BCUT2D eigenvalue weighted by Gasteiger charge is 2.44. The van der Waals surface area contributed by atoms with E-state index in [2.05, 4.69) is 63.0 Å². The number of carbonyl (C=O) groups is 1. The Morgan fingerprint density at radius 1 is 0.560 bits per heavy atom. The number of rotatable bonds is 13. The van der Waals surface area contributed by atoms with Crippen LogP contribution >= 0.6 is 117 Å². The number of nitrogens with zero attached hydrogens (tertiary/aromatic N) is 4. The Morgan fingerprint density at radius 2 is 1.00 bits per heavy atom. The maximum absolute atomic E-state index is 11.2. The van der Waals surface area contributed by atoms with E-state index in [1.54, 1.807) is 48.5 Å². The van der Waals surface area contributed by atoms with Crippen LogP contribution in [0.5, 0.6) is 11.5 Å². The number of halogens is 9. The number of ketones is 1. The van der Waals surface area contributed by atoms with Gasteiger partial charge in [0.05, 0.1) is 67.4 Å². The molecule has 4 aliphatic rings. The minimum atomic E-state index is -1.03. The van der Waals surface area contributed by atoms with Crippen LogP contribution in [-0.2, 0) is 23.6 Å². The Balaban J connectivity index is 0.000000145. The lowest BCUT2D eigenvalue weighted by Gasteiger charge is -2.48. The molecule has 2 aliphatic heterocycles. The van der Waals surface area contributed by atoms with Gasteiger partial charge in [-0.25, -0.2) is 0 Å². The van der Waals surface area contributed by atoms with Crippen molar-refractivity contribution in [1.29, 1.82) is 0 Å². The Bertz CT molecular complexity index is 3370. The summed E-state index contributed by atoms with van der Waals surface area (Å²) in [4.78, 5) is 14.9. The van der Waals surface area contributed by atoms with Crippen molar-refractivity contribution < 1.29 is 28.4 Å². The van der Waals surface area contributed by atoms with E-state index >= 15 is 0 Å². The van der Waals surface area contributed by atoms with Gasteiger partial charge < -0.3 is 33.4 Å². The highest BCUT2D eigenvalue weighted by atomic mass is 79.9. The van der Waals surface area contributed by atoms with E-state index in [1.807, 2.05) is 77.7 Å². The van der Waals surface area contributed by atoms with Crippen LogP contribution in [0.15, 0.2) is 144 Å². The monoisotopic (exact) mass is 1310 g/mol. The van der Waals surface area contributed by atoms with E-state index < -0.39 is 5.60 Å². The third-order valence-electron chi connectivity index (χ3n) is 13.0. The number of ether oxygens (including phenoxy) is 2. The molecule has 4 heterocycles. The molecule has 386 valence electrons. The number of Topliss-reactive ketones (excluding diaryl/α,β-unsaturated/α-hetero) is 1. The fourth-order valence-electron chi connectivity index (χ4n) is 8.78. The number of hydrogen-bond donors (Lipinski definition) is 1. The van der Waals surface area contributed by atoms with Crippen molar-refractivity contribution in [1.82, 2.24) is 10.3 Å². The Kier molecular flexibility index (Phi) is 16.9. The van der Waals surface area contributed by atoms with Gasteiger partial charge in [0.1, 0.15) is 53.2 Å². The van der Waals surface area contributed by atoms with Gasteiger partial charge in [0.2, 0.25) is 0 Å². The van der Waals surface area contributed by atoms with Crippen molar-refractivity contribution in [3.8, 4) is 34.0 Å². The van der Waals surface area contributed by atoms with Crippen molar-refractivity contribution in [2.45, 2.75) is 56.3 Å². The molecule has 0 amide bonds. The lowest BCUT2D eigenvalue weighted by atomic mass is 9.85. The van der Waals surface area contributed by atoms with E-state index in [0.717, 1.165) is 73.1 Å². The first-order valence-electron chi connectivity index (χ1n) is 23.7. The third-order valence-corrected chi connectivity index (χ3v) is 16.8. The molecule has 8 aromatic rings. The molecule has 75 heavy (non-hydrogen) atoms. The molecule has 6 aromatic carbocycles. The van der Waals surface area contributed by atoms with Gasteiger partial charge in [-0.2, -0.15) is 0 Å². The van der Waals surface area contributed by atoms with Gasteiger partial charge in [0.25, 0.3) is 0 Å². The van der Waals surface area contributed by atoms with Gasteiger partial charge in [-0.05, 0) is 133 Å². The van der Waals surface area contributed by atoms with Crippen LogP contribution in [0.25, 0.3) is 22.5 Å². The second-order valence-corrected chi connectivity index (χ2v) is 23.7. The van der Waals surface area contributed by atoms with E-state index in [0.29, 0.717) is 120 Å².